The number of amides is 1. The zero-order chi connectivity index (χ0) is 25.1. The molecular weight excluding hydrogens is 445 g/mol. The van der Waals surface area contributed by atoms with Gasteiger partial charge in [0.25, 0.3) is 0 Å². The van der Waals surface area contributed by atoms with Crippen LogP contribution in [0.2, 0.25) is 0 Å². The van der Waals surface area contributed by atoms with E-state index in [2.05, 4.69) is 36.9 Å². The fourth-order valence-electron chi connectivity index (χ4n) is 4.65. The highest BCUT2D eigenvalue weighted by molar-refractivity contribution is 5.93. The number of hydrogen-bond donors (Lipinski definition) is 2. The minimum Gasteiger partial charge on any atom is -0.475 e. The van der Waals surface area contributed by atoms with Crippen LogP contribution in [0.15, 0.2) is 42.5 Å². The maximum absolute atomic E-state index is 11.3. The Morgan fingerprint density at radius 3 is 2.09 bits per heavy atom. The molecule has 8 heteroatoms. The number of hydrogen-bond acceptors (Lipinski definition) is 3. The fourth-order valence-corrected chi connectivity index (χ4v) is 4.65. The Morgan fingerprint density at radius 1 is 1.00 bits per heavy atom. The van der Waals surface area contributed by atoms with E-state index in [9.17, 15) is 18.0 Å². The number of primary amides is 1. The number of rotatable bonds is 3. The van der Waals surface area contributed by atoms with E-state index >= 15 is 0 Å². The van der Waals surface area contributed by atoms with Crippen molar-refractivity contribution in [2.45, 2.75) is 64.7 Å². The molecule has 0 aromatic heterocycles. The summed E-state index contributed by atoms with van der Waals surface area (Å²) in [4.78, 5) is 22.9. The van der Waals surface area contributed by atoms with Gasteiger partial charge in [0.1, 0.15) is 0 Å². The molecule has 0 spiro atoms. The van der Waals surface area contributed by atoms with Gasteiger partial charge in [-0.05, 0) is 78.0 Å². The van der Waals surface area contributed by atoms with Crippen molar-refractivity contribution in [1.29, 1.82) is 0 Å². The molecule has 1 fully saturated rings. The molecule has 1 aliphatic carbocycles. The van der Waals surface area contributed by atoms with Crippen molar-refractivity contribution in [2.24, 2.45) is 11.1 Å². The molecular formula is C26H31F3N2O3. The second-order valence-electron chi connectivity index (χ2n) is 9.84. The van der Waals surface area contributed by atoms with Crippen molar-refractivity contribution in [3.05, 3.63) is 59.2 Å². The summed E-state index contributed by atoms with van der Waals surface area (Å²) in [5, 5.41) is 7.12. The van der Waals surface area contributed by atoms with E-state index in [1.807, 2.05) is 24.3 Å². The van der Waals surface area contributed by atoms with Gasteiger partial charge in [-0.25, -0.2) is 4.79 Å². The van der Waals surface area contributed by atoms with Gasteiger partial charge in [-0.15, -0.1) is 0 Å². The van der Waals surface area contributed by atoms with E-state index in [1.165, 1.54) is 48.9 Å². The summed E-state index contributed by atoms with van der Waals surface area (Å²) in [7, 11) is 0. The van der Waals surface area contributed by atoms with Crippen LogP contribution in [0.4, 0.5) is 13.2 Å². The van der Waals surface area contributed by atoms with Crippen molar-refractivity contribution < 1.29 is 27.9 Å². The molecule has 0 saturated heterocycles. The Hall–Kier alpha value is -2.87. The molecule has 2 aromatic rings. The maximum Gasteiger partial charge on any atom is 0.490 e. The molecule has 1 heterocycles. The lowest BCUT2D eigenvalue weighted by atomic mass is 9.75. The number of carboxylic acids is 1. The van der Waals surface area contributed by atoms with E-state index in [0.717, 1.165) is 24.6 Å². The van der Waals surface area contributed by atoms with Crippen molar-refractivity contribution in [1.82, 2.24) is 4.90 Å². The average molecular weight is 477 g/mol. The lowest BCUT2D eigenvalue weighted by Gasteiger charge is -2.42. The number of fused-ring (bicyclic) bond motifs is 1. The molecule has 0 radical (unpaired) electrons. The van der Waals surface area contributed by atoms with Crippen LogP contribution in [-0.4, -0.2) is 40.6 Å². The lowest BCUT2D eigenvalue weighted by molar-refractivity contribution is -0.192. The number of alkyl halides is 3. The highest BCUT2D eigenvalue weighted by Crippen LogP contribution is 2.38. The Labute approximate surface area is 197 Å². The standard InChI is InChI=1S/C24H30N2O.C2HF3O2/c1-24(2)12-9-22(10-13-24)26-14-11-18-5-8-20(15-21(18)16-26)17-3-6-19(7-4-17)23(25)27;3-2(4,5)1(6)7/h3-8,15,22H,9-14,16H2,1-2H3,(H2,25,27);(H,6,7). The third-order valence-electron chi connectivity index (χ3n) is 6.82. The van der Waals surface area contributed by atoms with E-state index < -0.39 is 12.1 Å². The summed E-state index contributed by atoms with van der Waals surface area (Å²) < 4.78 is 31.7. The first-order valence-electron chi connectivity index (χ1n) is 11.4. The molecule has 3 N–H and O–H groups in total. The van der Waals surface area contributed by atoms with Crippen LogP contribution in [0.3, 0.4) is 0 Å². The van der Waals surface area contributed by atoms with Gasteiger partial charge in [0.15, 0.2) is 0 Å². The lowest BCUT2D eigenvalue weighted by Crippen LogP contribution is -2.42. The van der Waals surface area contributed by atoms with Gasteiger partial charge in [0.2, 0.25) is 5.91 Å². The summed E-state index contributed by atoms with van der Waals surface area (Å²) in [6.07, 6.45) is 1.41. The van der Waals surface area contributed by atoms with Crippen LogP contribution in [0.25, 0.3) is 11.1 Å². The number of nitrogens with two attached hydrogens (primary N) is 1. The third-order valence-corrected chi connectivity index (χ3v) is 6.82. The van der Waals surface area contributed by atoms with Gasteiger partial charge < -0.3 is 10.8 Å². The molecule has 0 bridgehead atoms. The van der Waals surface area contributed by atoms with Crippen molar-refractivity contribution in [2.75, 3.05) is 6.54 Å². The molecule has 0 atom stereocenters. The minimum atomic E-state index is -5.08. The minimum absolute atomic E-state index is 0.377. The summed E-state index contributed by atoms with van der Waals surface area (Å²) in [5.41, 5.74) is 11.7. The number of benzene rings is 2. The molecule has 5 nitrogen and oxygen atoms in total. The smallest absolute Gasteiger partial charge is 0.475 e. The van der Waals surface area contributed by atoms with Gasteiger partial charge >= 0.3 is 12.1 Å². The van der Waals surface area contributed by atoms with Crippen LogP contribution in [-0.2, 0) is 17.8 Å². The number of halogens is 3. The monoisotopic (exact) mass is 476 g/mol. The van der Waals surface area contributed by atoms with Gasteiger partial charge in [0.05, 0.1) is 0 Å². The summed E-state index contributed by atoms with van der Waals surface area (Å²) >= 11 is 0. The Kier molecular flexibility index (Phi) is 7.70. The molecule has 2 aliphatic rings. The SMILES string of the molecule is CC1(C)CCC(N2CCc3ccc(-c4ccc(C(N)=O)cc4)cc3C2)CC1.O=C(O)C(F)(F)F. The van der Waals surface area contributed by atoms with E-state index in [4.69, 9.17) is 15.6 Å². The molecule has 4 rings (SSSR count). The fraction of sp³-hybridized carbons (Fsp3) is 0.462. The first-order chi connectivity index (χ1) is 15.9. The zero-order valence-corrected chi connectivity index (χ0v) is 19.5. The Bertz CT molecular complexity index is 1020. The predicted molar refractivity (Wildman–Crippen MR) is 124 cm³/mol. The van der Waals surface area contributed by atoms with Gasteiger partial charge in [-0.1, -0.05) is 38.1 Å². The van der Waals surface area contributed by atoms with Crippen LogP contribution >= 0.6 is 0 Å². The van der Waals surface area contributed by atoms with E-state index in [1.54, 1.807) is 0 Å². The van der Waals surface area contributed by atoms with Crippen LogP contribution in [0.1, 0.15) is 61.0 Å². The van der Waals surface area contributed by atoms with Crippen molar-refractivity contribution in [3.8, 4) is 11.1 Å². The predicted octanol–water partition coefficient (Wildman–Crippen LogP) is 5.41. The van der Waals surface area contributed by atoms with E-state index in [-0.39, 0.29) is 5.91 Å². The van der Waals surface area contributed by atoms with Crippen LogP contribution in [0.5, 0.6) is 0 Å². The third kappa shape index (κ3) is 6.59. The topological polar surface area (TPSA) is 83.6 Å². The molecule has 1 saturated carbocycles. The van der Waals surface area contributed by atoms with Gasteiger partial charge in [-0.3, -0.25) is 9.69 Å². The van der Waals surface area contributed by atoms with Gasteiger partial charge in [0, 0.05) is 24.7 Å². The maximum atomic E-state index is 11.3. The number of carbonyl (C=O) groups excluding carboxylic acids is 1. The molecule has 34 heavy (non-hydrogen) atoms. The first-order valence-corrected chi connectivity index (χ1v) is 11.4. The quantitative estimate of drug-likeness (QED) is 0.620. The van der Waals surface area contributed by atoms with Crippen molar-refractivity contribution >= 4 is 11.9 Å². The highest BCUT2D eigenvalue weighted by atomic mass is 19.4. The summed E-state index contributed by atoms with van der Waals surface area (Å²) in [6, 6.07) is 15.2. The Morgan fingerprint density at radius 2 is 1.56 bits per heavy atom. The van der Waals surface area contributed by atoms with Gasteiger partial charge in [-0.2, -0.15) is 13.2 Å². The second-order valence-corrected chi connectivity index (χ2v) is 9.84. The van der Waals surface area contributed by atoms with Crippen LogP contribution < -0.4 is 5.73 Å². The molecule has 1 amide bonds. The zero-order valence-electron chi connectivity index (χ0n) is 19.5. The molecule has 1 aliphatic heterocycles. The van der Waals surface area contributed by atoms with Crippen molar-refractivity contribution in [3.63, 3.8) is 0 Å². The largest absolute Gasteiger partial charge is 0.490 e. The number of nitrogens with zero attached hydrogens (tertiary/aromatic N) is 1. The number of carboxylic acid groups (broad SMARTS) is 1. The Balaban J connectivity index is 0.000000406. The molecule has 2 aromatic carbocycles. The second kappa shape index (κ2) is 10.2. The van der Waals surface area contributed by atoms with Crippen LogP contribution in [0, 0.1) is 5.41 Å². The average Bonchev–Trinajstić information content (AvgIpc) is 2.78. The molecule has 0 unspecified atom stereocenters. The number of carbonyl (C=O) groups is 2. The first kappa shape index (κ1) is 25.7. The normalized spacial score (nSPS) is 18.4. The summed E-state index contributed by atoms with van der Waals surface area (Å²) in [5.74, 6) is -3.13. The molecule has 184 valence electrons. The van der Waals surface area contributed by atoms with E-state index in [0.29, 0.717) is 11.0 Å². The highest BCUT2D eigenvalue weighted by Gasteiger charge is 2.38. The number of aliphatic carboxylic acids is 1. The summed E-state index contributed by atoms with van der Waals surface area (Å²) in [6.45, 7) is 7.06.